The molecule has 0 saturated carbocycles. The predicted octanol–water partition coefficient (Wildman–Crippen LogP) is 2.46. The topological polar surface area (TPSA) is 42.8 Å². The molecule has 2 aromatic rings. The van der Waals surface area contributed by atoms with E-state index in [1.807, 2.05) is 0 Å². The van der Waals surface area contributed by atoms with Gasteiger partial charge in [0, 0.05) is 25.6 Å². The van der Waals surface area contributed by atoms with Crippen LogP contribution in [0.2, 0.25) is 0 Å². The smallest absolute Gasteiger partial charge is 0.195 e. The van der Waals surface area contributed by atoms with Crippen molar-refractivity contribution in [3.05, 3.63) is 46.0 Å². The Hall–Kier alpha value is -1.60. The molecule has 1 aromatic carbocycles. The van der Waals surface area contributed by atoms with E-state index < -0.39 is 11.6 Å². The minimum Gasteiger partial charge on any atom is -0.383 e. The van der Waals surface area contributed by atoms with Gasteiger partial charge < -0.3 is 9.30 Å². The van der Waals surface area contributed by atoms with Crippen LogP contribution in [-0.2, 0) is 17.7 Å². The Bertz CT molecular complexity index is 603. The van der Waals surface area contributed by atoms with Gasteiger partial charge >= 0.3 is 0 Å². The number of aromatic amines is 1. The molecular formula is C12H13F2N3OS. The van der Waals surface area contributed by atoms with Crippen molar-refractivity contribution in [2.75, 3.05) is 13.7 Å². The summed E-state index contributed by atoms with van der Waals surface area (Å²) in [6.45, 7) is 0.928. The molecule has 2 rings (SSSR count). The number of nitrogens with zero attached hydrogens (tertiary/aromatic N) is 2. The zero-order valence-electron chi connectivity index (χ0n) is 10.3. The lowest BCUT2D eigenvalue weighted by molar-refractivity contribution is 0.186. The predicted molar refractivity (Wildman–Crippen MR) is 68.5 cm³/mol. The molecule has 0 amide bonds. The maximum Gasteiger partial charge on any atom is 0.195 e. The van der Waals surface area contributed by atoms with Crippen molar-refractivity contribution in [1.82, 2.24) is 14.8 Å². The van der Waals surface area contributed by atoms with E-state index >= 15 is 0 Å². The van der Waals surface area contributed by atoms with Gasteiger partial charge in [0.2, 0.25) is 0 Å². The average molecular weight is 285 g/mol. The summed E-state index contributed by atoms with van der Waals surface area (Å²) in [6.07, 6.45) is 0.0371. The summed E-state index contributed by atoms with van der Waals surface area (Å²) < 4.78 is 34.2. The molecule has 0 aliphatic carbocycles. The van der Waals surface area contributed by atoms with E-state index in [4.69, 9.17) is 17.0 Å². The molecule has 0 aliphatic rings. The number of nitrogens with one attached hydrogen (secondary N) is 1. The van der Waals surface area contributed by atoms with Gasteiger partial charge in [-0.05, 0) is 24.4 Å². The highest BCUT2D eigenvalue weighted by molar-refractivity contribution is 7.71. The summed E-state index contributed by atoms with van der Waals surface area (Å²) >= 11 is 5.07. The van der Waals surface area contributed by atoms with Crippen LogP contribution in [0.5, 0.6) is 0 Å². The second kappa shape index (κ2) is 6.03. The van der Waals surface area contributed by atoms with Gasteiger partial charge in [-0.1, -0.05) is 6.07 Å². The molecule has 1 aromatic heterocycles. The molecule has 0 unspecified atom stereocenters. The third kappa shape index (κ3) is 3.05. The number of hydrogen-bond donors (Lipinski definition) is 1. The van der Waals surface area contributed by atoms with Crippen molar-refractivity contribution in [2.45, 2.75) is 13.0 Å². The first-order valence-electron chi connectivity index (χ1n) is 5.69. The lowest BCUT2D eigenvalue weighted by Gasteiger charge is -2.07. The van der Waals surface area contributed by atoms with E-state index in [9.17, 15) is 8.78 Å². The van der Waals surface area contributed by atoms with E-state index in [1.165, 1.54) is 18.2 Å². The van der Waals surface area contributed by atoms with Gasteiger partial charge in [-0.3, -0.25) is 5.10 Å². The first kappa shape index (κ1) is 13.8. The lowest BCUT2D eigenvalue weighted by atomic mass is 10.1. The largest absolute Gasteiger partial charge is 0.383 e. The number of ether oxygens (including phenoxy) is 1. The highest BCUT2D eigenvalue weighted by atomic mass is 32.1. The lowest BCUT2D eigenvalue weighted by Crippen LogP contribution is -2.10. The number of hydrogen-bond acceptors (Lipinski definition) is 3. The Morgan fingerprint density at radius 1 is 1.37 bits per heavy atom. The van der Waals surface area contributed by atoms with E-state index in [0.717, 1.165) is 0 Å². The summed E-state index contributed by atoms with van der Waals surface area (Å²) in [7, 11) is 1.57. The quantitative estimate of drug-likeness (QED) is 0.858. The van der Waals surface area contributed by atoms with Crippen LogP contribution in [0, 0.1) is 16.4 Å². The highest BCUT2D eigenvalue weighted by Crippen LogP contribution is 2.16. The van der Waals surface area contributed by atoms with E-state index in [-0.39, 0.29) is 12.0 Å². The Labute approximate surface area is 114 Å². The number of aromatic nitrogens is 3. The fourth-order valence-electron chi connectivity index (χ4n) is 1.76. The summed E-state index contributed by atoms with van der Waals surface area (Å²) in [6, 6.07) is 3.77. The fourth-order valence-corrected chi connectivity index (χ4v) is 2.00. The molecule has 0 radical (unpaired) electrons. The number of methoxy groups -OCH3 is 1. The Balaban J connectivity index is 2.31. The van der Waals surface area contributed by atoms with E-state index in [0.29, 0.717) is 23.7 Å². The third-order valence-corrected chi connectivity index (χ3v) is 3.06. The Kier molecular flexibility index (Phi) is 4.39. The summed E-state index contributed by atoms with van der Waals surface area (Å²) in [5.41, 5.74) is -0.0184. The monoisotopic (exact) mass is 285 g/mol. The number of rotatable bonds is 5. The maximum atomic E-state index is 13.6. The van der Waals surface area contributed by atoms with Gasteiger partial charge in [-0.2, -0.15) is 5.10 Å². The molecule has 0 spiro atoms. The third-order valence-electron chi connectivity index (χ3n) is 2.75. The van der Waals surface area contributed by atoms with Crippen LogP contribution < -0.4 is 0 Å². The van der Waals surface area contributed by atoms with Gasteiger partial charge in [0.05, 0.1) is 6.61 Å². The van der Waals surface area contributed by atoms with Crippen molar-refractivity contribution >= 4 is 12.2 Å². The Morgan fingerprint density at radius 3 is 2.68 bits per heavy atom. The molecular weight excluding hydrogens is 272 g/mol. The van der Waals surface area contributed by atoms with Crippen LogP contribution >= 0.6 is 12.2 Å². The summed E-state index contributed by atoms with van der Waals surface area (Å²) in [5, 5.41) is 6.62. The maximum absolute atomic E-state index is 13.6. The molecule has 0 aliphatic heterocycles. The Morgan fingerprint density at radius 2 is 2.05 bits per heavy atom. The van der Waals surface area contributed by atoms with Crippen LogP contribution in [0.15, 0.2) is 18.2 Å². The van der Waals surface area contributed by atoms with Crippen molar-refractivity contribution < 1.29 is 13.5 Å². The highest BCUT2D eigenvalue weighted by Gasteiger charge is 2.13. The zero-order chi connectivity index (χ0) is 13.8. The van der Waals surface area contributed by atoms with E-state index in [2.05, 4.69) is 10.2 Å². The van der Waals surface area contributed by atoms with Crippen molar-refractivity contribution in [1.29, 1.82) is 0 Å². The second-order valence-corrected chi connectivity index (χ2v) is 4.35. The molecule has 1 N–H and O–H groups in total. The molecule has 102 valence electrons. The normalized spacial score (nSPS) is 10.9. The van der Waals surface area contributed by atoms with E-state index in [1.54, 1.807) is 11.7 Å². The molecule has 0 bridgehead atoms. The molecule has 0 saturated heterocycles. The number of halogens is 2. The zero-order valence-corrected chi connectivity index (χ0v) is 11.1. The average Bonchev–Trinajstić information content (AvgIpc) is 2.72. The first-order chi connectivity index (χ1) is 9.13. The standard InChI is InChI=1S/C12H13F2N3OS/c1-18-6-5-17-11(15-16-12(17)19)7-8-9(13)3-2-4-10(8)14/h2-4H,5-7H2,1H3,(H,16,19). The van der Waals surface area contributed by atoms with Crippen LogP contribution in [0.3, 0.4) is 0 Å². The fraction of sp³-hybridized carbons (Fsp3) is 0.333. The van der Waals surface area contributed by atoms with Crippen LogP contribution in [0.4, 0.5) is 8.78 Å². The van der Waals surface area contributed by atoms with Crippen LogP contribution in [0.1, 0.15) is 11.4 Å². The molecule has 0 atom stereocenters. The van der Waals surface area contributed by atoms with Crippen molar-refractivity contribution in [3.63, 3.8) is 0 Å². The number of H-pyrrole nitrogens is 1. The van der Waals surface area contributed by atoms with Gasteiger partial charge in [0.1, 0.15) is 17.5 Å². The minimum atomic E-state index is -0.591. The minimum absolute atomic E-state index is 0.0184. The van der Waals surface area contributed by atoms with Crippen molar-refractivity contribution in [3.8, 4) is 0 Å². The molecule has 1 heterocycles. The van der Waals surface area contributed by atoms with Gasteiger partial charge in [0.15, 0.2) is 4.77 Å². The van der Waals surface area contributed by atoms with Gasteiger partial charge in [0.25, 0.3) is 0 Å². The molecule has 0 fully saturated rings. The van der Waals surface area contributed by atoms with Crippen LogP contribution in [-0.4, -0.2) is 28.5 Å². The molecule has 4 nitrogen and oxygen atoms in total. The summed E-state index contributed by atoms with van der Waals surface area (Å²) in [5.74, 6) is -0.703. The first-order valence-corrected chi connectivity index (χ1v) is 6.10. The molecule has 19 heavy (non-hydrogen) atoms. The van der Waals surface area contributed by atoms with Crippen molar-refractivity contribution in [2.24, 2.45) is 0 Å². The number of benzene rings is 1. The van der Waals surface area contributed by atoms with Gasteiger partial charge in [-0.15, -0.1) is 0 Å². The molecule has 7 heteroatoms. The summed E-state index contributed by atoms with van der Waals surface area (Å²) in [4.78, 5) is 0. The van der Waals surface area contributed by atoms with Gasteiger partial charge in [-0.25, -0.2) is 8.78 Å². The second-order valence-electron chi connectivity index (χ2n) is 3.97. The SMILES string of the molecule is COCCn1c(Cc2c(F)cccc2F)n[nH]c1=S. The van der Waals surface area contributed by atoms with Crippen LogP contribution in [0.25, 0.3) is 0 Å².